The Morgan fingerprint density at radius 1 is 1.30 bits per heavy atom. The first-order chi connectivity index (χ1) is 4.84. The van der Waals surface area contributed by atoms with Crippen LogP contribution in [0.2, 0.25) is 0 Å². The highest BCUT2D eigenvalue weighted by Gasteiger charge is 1.93. The van der Waals surface area contributed by atoms with Crippen LogP contribution < -0.4 is 0 Å². The fraction of sp³-hybridized carbons (Fsp3) is 0. The molecule has 0 spiro atoms. The summed E-state index contributed by atoms with van der Waals surface area (Å²) in [6, 6.07) is 8.96. The Bertz CT molecular complexity index is 228. The fourth-order valence-electron chi connectivity index (χ4n) is 0.660. The molecule has 0 unspecified atom stereocenters. The first-order valence-corrected chi connectivity index (χ1v) is 3.23. The van der Waals surface area contributed by atoms with Gasteiger partial charge < -0.3 is 0 Å². The maximum absolute atomic E-state index is 11.8. The van der Waals surface area contributed by atoms with Crippen molar-refractivity contribution in [3.05, 3.63) is 42.2 Å². The van der Waals surface area contributed by atoms with E-state index in [-0.39, 0.29) is 5.03 Å². The van der Waals surface area contributed by atoms with Crippen LogP contribution >= 0.6 is 11.6 Å². The highest BCUT2D eigenvalue weighted by Crippen LogP contribution is 2.17. The minimum atomic E-state index is 0.139. The average Bonchev–Trinajstić information content (AvgIpc) is 2.05. The highest BCUT2D eigenvalue weighted by atomic mass is 35.5. The zero-order chi connectivity index (χ0) is 7.40. The second-order valence-corrected chi connectivity index (χ2v) is 2.23. The molecule has 0 nitrogen and oxygen atoms in total. The van der Waals surface area contributed by atoms with Crippen LogP contribution in [0, 0.1) is 0 Å². The Kier molecular flexibility index (Phi) is 2.46. The lowest BCUT2D eigenvalue weighted by molar-refractivity contribution is 0.726. The predicted octanol–water partition coefficient (Wildman–Crippen LogP) is 3.19. The molecule has 52 valence electrons. The van der Waals surface area contributed by atoms with Crippen LogP contribution in [0.4, 0.5) is 4.39 Å². The van der Waals surface area contributed by atoms with Crippen LogP contribution in [-0.2, 0) is 0 Å². The third-order valence-electron chi connectivity index (χ3n) is 1.15. The SMILES string of the molecule is FC=C(Cl)c1ccccc1. The molecule has 0 heterocycles. The van der Waals surface area contributed by atoms with E-state index < -0.39 is 0 Å². The average molecular weight is 157 g/mol. The van der Waals surface area contributed by atoms with Crippen molar-refractivity contribution in [3.63, 3.8) is 0 Å². The summed E-state index contributed by atoms with van der Waals surface area (Å²) in [5.41, 5.74) is 0.701. The summed E-state index contributed by atoms with van der Waals surface area (Å²) in [6.45, 7) is 0. The molecule has 1 aromatic carbocycles. The quantitative estimate of drug-likeness (QED) is 0.586. The van der Waals surface area contributed by atoms with Gasteiger partial charge >= 0.3 is 0 Å². The van der Waals surface area contributed by atoms with Crippen LogP contribution in [0.5, 0.6) is 0 Å². The summed E-state index contributed by atoms with van der Waals surface area (Å²) in [5, 5.41) is 0.139. The van der Waals surface area contributed by atoms with Gasteiger partial charge in [-0.05, 0) is 5.56 Å². The normalized spacial score (nSPS) is 11.6. The molecule has 1 rings (SSSR count). The van der Waals surface area contributed by atoms with Crippen molar-refractivity contribution >= 4 is 16.6 Å². The van der Waals surface area contributed by atoms with E-state index >= 15 is 0 Å². The largest absolute Gasteiger partial charge is 0.214 e. The zero-order valence-corrected chi connectivity index (χ0v) is 5.98. The zero-order valence-electron chi connectivity index (χ0n) is 5.22. The van der Waals surface area contributed by atoms with Gasteiger partial charge in [0.05, 0.1) is 5.03 Å². The van der Waals surface area contributed by atoms with Gasteiger partial charge in [-0.15, -0.1) is 0 Å². The number of benzene rings is 1. The second kappa shape index (κ2) is 3.37. The Morgan fingerprint density at radius 2 is 1.90 bits per heavy atom. The molecule has 0 saturated heterocycles. The number of halogens is 2. The predicted molar refractivity (Wildman–Crippen MR) is 41.4 cm³/mol. The summed E-state index contributed by atoms with van der Waals surface area (Å²) >= 11 is 5.48. The third-order valence-corrected chi connectivity index (χ3v) is 1.45. The molecule has 0 aliphatic carbocycles. The molecule has 2 heteroatoms. The van der Waals surface area contributed by atoms with Crippen molar-refractivity contribution in [2.45, 2.75) is 0 Å². The molecule has 0 aliphatic rings. The molecule has 10 heavy (non-hydrogen) atoms. The van der Waals surface area contributed by atoms with Crippen LogP contribution in [0.3, 0.4) is 0 Å². The Labute approximate surface area is 63.9 Å². The van der Waals surface area contributed by atoms with Crippen molar-refractivity contribution in [3.8, 4) is 0 Å². The van der Waals surface area contributed by atoms with E-state index in [1.54, 1.807) is 24.3 Å². The van der Waals surface area contributed by atoms with Crippen LogP contribution in [0.15, 0.2) is 36.7 Å². The van der Waals surface area contributed by atoms with Crippen molar-refractivity contribution in [2.24, 2.45) is 0 Å². The first kappa shape index (κ1) is 7.29. The van der Waals surface area contributed by atoms with E-state index in [1.165, 1.54) is 0 Å². The van der Waals surface area contributed by atoms with Gasteiger partial charge in [0.15, 0.2) is 0 Å². The summed E-state index contributed by atoms with van der Waals surface area (Å²) < 4.78 is 11.8. The Balaban J connectivity index is 2.96. The van der Waals surface area contributed by atoms with Gasteiger partial charge in [0.2, 0.25) is 0 Å². The Morgan fingerprint density at radius 3 is 2.40 bits per heavy atom. The number of hydrogen-bond acceptors (Lipinski definition) is 0. The second-order valence-electron chi connectivity index (χ2n) is 1.82. The molecule has 0 aliphatic heterocycles. The van der Waals surface area contributed by atoms with E-state index in [4.69, 9.17) is 11.6 Å². The lowest BCUT2D eigenvalue weighted by atomic mass is 10.2. The lowest BCUT2D eigenvalue weighted by Gasteiger charge is -1.93. The van der Waals surface area contributed by atoms with Crippen LogP contribution in [-0.4, -0.2) is 0 Å². The maximum Gasteiger partial charge on any atom is 0.106 e. The first-order valence-electron chi connectivity index (χ1n) is 2.86. The molecular formula is C8H6ClF. The van der Waals surface area contributed by atoms with Gasteiger partial charge in [0, 0.05) is 0 Å². The Hall–Kier alpha value is -0.820. The minimum Gasteiger partial charge on any atom is -0.214 e. The van der Waals surface area contributed by atoms with Gasteiger partial charge in [-0.2, -0.15) is 0 Å². The standard InChI is InChI=1S/C8H6ClF/c9-8(6-10)7-4-2-1-3-5-7/h1-6H. The summed E-state index contributed by atoms with van der Waals surface area (Å²) in [7, 11) is 0. The molecular weight excluding hydrogens is 151 g/mol. The summed E-state index contributed by atoms with van der Waals surface area (Å²) in [5.74, 6) is 0. The van der Waals surface area contributed by atoms with Gasteiger partial charge in [0.1, 0.15) is 6.33 Å². The van der Waals surface area contributed by atoms with E-state index in [2.05, 4.69) is 0 Å². The van der Waals surface area contributed by atoms with E-state index in [1.807, 2.05) is 6.07 Å². The van der Waals surface area contributed by atoms with Gasteiger partial charge in [-0.3, -0.25) is 0 Å². The third kappa shape index (κ3) is 1.58. The van der Waals surface area contributed by atoms with Crippen molar-refractivity contribution in [2.75, 3.05) is 0 Å². The molecule has 0 aromatic heterocycles. The monoisotopic (exact) mass is 156 g/mol. The lowest BCUT2D eigenvalue weighted by Crippen LogP contribution is -1.72. The van der Waals surface area contributed by atoms with Crippen LogP contribution in [0.25, 0.3) is 5.03 Å². The molecule has 0 N–H and O–H groups in total. The highest BCUT2D eigenvalue weighted by molar-refractivity contribution is 6.48. The van der Waals surface area contributed by atoms with Gasteiger partial charge in [0.25, 0.3) is 0 Å². The minimum absolute atomic E-state index is 0.139. The fourth-order valence-corrected chi connectivity index (χ4v) is 0.786. The smallest absolute Gasteiger partial charge is 0.106 e. The van der Waals surface area contributed by atoms with E-state index in [0.717, 1.165) is 0 Å². The van der Waals surface area contributed by atoms with Crippen LogP contribution in [0.1, 0.15) is 5.56 Å². The number of rotatable bonds is 1. The van der Waals surface area contributed by atoms with E-state index in [9.17, 15) is 4.39 Å². The van der Waals surface area contributed by atoms with Gasteiger partial charge in [-0.25, -0.2) is 4.39 Å². The molecule has 0 fully saturated rings. The summed E-state index contributed by atoms with van der Waals surface area (Å²) in [4.78, 5) is 0. The van der Waals surface area contributed by atoms with Crippen molar-refractivity contribution < 1.29 is 4.39 Å². The topological polar surface area (TPSA) is 0 Å². The molecule has 0 bridgehead atoms. The molecule has 0 saturated carbocycles. The van der Waals surface area contributed by atoms with Crippen molar-refractivity contribution in [1.82, 2.24) is 0 Å². The number of hydrogen-bond donors (Lipinski definition) is 0. The van der Waals surface area contributed by atoms with E-state index in [0.29, 0.717) is 11.9 Å². The molecule has 0 atom stereocenters. The molecule has 0 radical (unpaired) electrons. The summed E-state index contributed by atoms with van der Waals surface area (Å²) in [6.07, 6.45) is 0.386. The molecule has 1 aromatic rings. The van der Waals surface area contributed by atoms with Crippen molar-refractivity contribution in [1.29, 1.82) is 0 Å². The molecule has 0 amide bonds. The maximum atomic E-state index is 11.8. The van der Waals surface area contributed by atoms with Gasteiger partial charge in [-0.1, -0.05) is 41.9 Å².